The van der Waals surface area contributed by atoms with Gasteiger partial charge in [-0.2, -0.15) is 0 Å². The van der Waals surface area contributed by atoms with Crippen molar-refractivity contribution in [3.63, 3.8) is 0 Å². The molecular weight excluding hydrogens is 356 g/mol. The predicted molar refractivity (Wildman–Crippen MR) is 110 cm³/mol. The molecule has 1 unspecified atom stereocenters. The van der Waals surface area contributed by atoms with Crippen LogP contribution >= 0.6 is 0 Å². The lowest BCUT2D eigenvalue weighted by atomic mass is 10.1. The number of benzene rings is 2. The van der Waals surface area contributed by atoms with E-state index in [-0.39, 0.29) is 24.1 Å². The van der Waals surface area contributed by atoms with Crippen LogP contribution in [-0.2, 0) is 11.2 Å². The first kappa shape index (κ1) is 19.6. The number of nitrogens with zero attached hydrogens (tertiary/aromatic N) is 1. The number of hydrogen-bond acceptors (Lipinski definition) is 4. The molecule has 0 fully saturated rings. The quantitative estimate of drug-likeness (QED) is 0.660. The molecule has 1 atom stereocenters. The van der Waals surface area contributed by atoms with E-state index in [1.54, 1.807) is 44.5 Å². The third-order valence-electron chi connectivity index (χ3n) is 4.76. The maximum absolute atomic E-state index is 12.7. The number of carbonyl (C=O) groups is 1. The molecule has 2 N–H and O–H groups in total. The summed E-state index contributed by atoms with van der Waals surface area (Å²) in [6.07, 6.45) is 2.56. The Kier molecular flexibility index (Phi) is 6.11. The summed E-state index contributed by atoms with van der Waals surface area (Å²) in [7, 11) is 1.61. The monoisotopic (exact) mass is 380 g/mol. The molecule has 1 heterocycles. The van der Waals surface area contributed by atoms with Crippen molar-refractivity contribution < 1.29 is 14.6 Å². The lowest BCUT2D eigenvalue weighted by Crippen LogP contribution is -2.25. The van der Waals surface area contributed by atoms with E-state index in [4.69, 9.17) is 4.74 Å². The van der Waals surface area contributed by atoms with Crippen LogP contribution < -0.4 is 15.6 Å². The molecule has 1 amide bonds. The van der Waals surface area contributed by atoms with Gasteiger partial charge in [0.1, 0.15) is 5.75 Å². The fourth-order valence-corrected chi connectivity index (χ4v) is 3.14. The van der Waals surface area contributed by atoms with Crippen molar-refractivity contribution >= 4 is 22.4 Å². The number of ether oxygens (including phenoxy) is 1. The highest BCUT2D eigenvalue weighted by Crippen LogP contribution is 2.22. The number of carbonyl (C=O) groups excluding carboxylic acids is 1. The fourth-order valence-electron chi connectivity index (χ4n) is 3.14. The summed E-state index contributed by atoms with van der Waals surface area (Å²) in [6.45, 7) is 1.66. The van der Waals surface area contributed by atoms with Crippen molar-refractivity contribution in [2.45, 2.75) is 25.8 Å². The normalized spacial score (nSPS) is 12.0. The Morgan fingerprint density at radius 3 is 2.71 bits per heavy atom. The second kappa shape index (κ2) is 8.71. The van der Waals surface area contributed by atoms with Gasteiger partial charge in [0.05, 0.1) is 19.8 Å². The standard InChI is InChI=1S/C22H24N2O4/c1-15(14-25)24-12-11-18-19(22(24)27)7-4-8-20(18)23-21(26)10-9-16-5-3-6-17(13-16)28-2/h3-8,11-13,15,25H,9-10,14H2,1-2H3,(H,23,26). The minimum absolute atomic E-state index is 0.119. The summed E-state index contributed by atoms with van der Waals surface area (Å²) in [5.74, 6) is 0.642. The van der Waals surface area contributed by atoms with E-state index in [2.05, 4.69) is 5.32 Å². The zero-order chi connectivity index (χ0) is 20.1. The number of anilines is 1. The second-order valence-corrected chi connectivity index (χ2v) is 6.73. The maximum atomic E-state index is 12.7. The first-order valence-electron chi connectivity index (χ1n) is 9.21. The molecule has 0 aliphatic carbocycles. The Bertz CT molecular complexity index is 1040. The summed E-state index contributed by atoms with van der Waals surface area (Å²) in [5.41, 5.74) is 1.44. The molecule has 0 spiro atoms. The number of aliphatic hydroxyl groups is 1. The smallest absolute Gasteiger partial charge is 0.258 e. The van der Waals surface area contributed by atoms with E-state index in [0.717, 1.165) is 11.3 Å². The highest BCUT2D eigenvalue weighted by atomic mass is 16.5. The predicted octanol–water partition coefficient (Wildman–Crippen LogP) is 3.13. The van der Waals surface area contributed by atoms with Crippen molar-refractivity contribution in [2.24, 2.45) is 0 Å². The van der Waals surface area contributed by atoms with Crippen molar-refractivity contribution in [2.75, 3.05) is 19.0 Å². The molecule has 0 aliphatic heterocycles. The van der Waals surface area contributed by atoms with Gasteiger partial charge in [0.25, 0.3) is 5.56 Å². The number of methoxy groups -OCH3 is 1. The van der Waals surface area contributed by atoms with Crippen LogP contribution in [0.15, 0.2) is 59.5 Å². The van der Waals surface area contributed by atoms with E-state index in [1.165, 1.54) is 4.57 Å². The Hall–Kier alpha value is -3.12. The Morgan fingerprint density at radius 2 is 1.96 bits per heavy atom. The molecule has 0 bridgehead atoms. The molecular formula is C22H24N2O4. The lowest BCUT2D eigenvalue weighted by Gasteiger charge is -2.14. The van der Waals surface area contributed by atoms with E-state index >= 15 is 0 Å². The van der Waals surface area contributed by atoms with Gasteiger partial charge in [-0.3, -0.25) is 9.59 Å². The van der Waals surface area contributed by atoms with Crippen LogP contribution in [0.5, 0.6) is 5.75 Å². The fraction of sp³-hybridized carbons (Fsp3) is 0.273. The molecule has 0 saturated carbocycles. The average molecular weight is 380 g/mol. The van der Waals surface area contributed by atoms with Gasteiger partial charge >= 0.3 is 0 Å². The maximum Gasteiger partial charge on any atom is 0.258 e. The first-order chi connectivity index (χ1) is 13.5. The lowest BCUT2D eigenvalue weighted by molar-refractivity contribution is -0.116. The largest absolute Gasteiger partial charge is 0.497 e. The number of aryl methyl sites for hydroxylation is 1. The molecule has 0 aliphatic rings. The number of nitrogens with one attached hydrogen (secondary N) is 1. The summed E-state index contributed by atoms with van der Waals surface area (Å²) in [5, 5.41) is 13.4. The molecule has 3 aromatic rings. The summed E-state index contributed by atoms with van der Waals surface area (Å²) in [4.78, 5) is 25.1. The van der Waals surface area contributed by atoms with Gasteiger partial charge in [-0.1, -0.05) is 18.2 Å². The highest BCUT2D eigenvalue weighted by Gasteiger charge is 2.12. The molecule has 6 nitrogen and oxygen atoms in total. The molecule has 0 radical (unpaired) electrons. The van der Waals surface area contributed by atoms with Gasteiger partial charge < -0.3 is 19.7 Å². The number of pyridine rings is 1. The number of amides is 1. The van der Waals surface area contributed by atoms with E-state index in [9.17, 15) is 14.7 Å². The zero-order valence-electron chi connectivity index (χ0n) is 16.0. The third-order valence-corrected chi connectivity index (χ3v) is 4.76. The Labute approximate surface area is 163 Å². The summed E-state index contributed by atoms with van der Waals surface area (Å²) < 4.78 is 6.70. The minimum Gasteiger partial charge on any atom is -0.497 e. The molecule has 3 rings (SSSR count). The van der Waals surface area contributed by atoms with E-state index in [0.29, 0.717) is 29.3 Å². The van der Waals surface area contributed by atoms with Gasteiger partial charge in [-0.05, 0) is 49.2 Å². The van der Waals surface area contributed by atoms with Crippen LogP contribution in [0.1, 0.15) is 24.9 Å². The van der Waals surface area contributed by atoms with Crippen LogP contribution in [0.25, 0.3) is 10.8 Å². The minimum atomic E-state index is -0.307. The van der Waals surface area contributed by atoms with Crippen molar-refractivity contribution in [3.8, 4) is 5.75 Å². The van der Waals surface area contributed by atoms with Crippen LogP contribution in [0.2, 0.25) is 0 Å². The van der Waals surface area contributed by atoms with Gasteiger partial charge in [-0.25, -0.2) is 0 Å². The van der Waals surface area contributed by atoms with Gasteiger partial charge in [0.2, 0.25) is 5.91 Å². The average Bonchev–Trinajstić information content (AvgIpc) is 2.72. The van der Waals surface area contributed by atoms with Gasteiger partial charge in [0.15, 0.2) is 0 Å². The van der Waals surface area contributed by atoms with E-state index < -0.39 is 0 Å². The van der Waals surface area contributed by atoms with Crippen molar-refractivity contribution in [1.29, 1.82) is 0 Å². The number of fused-ring (bicyclic) bond motifs is 1. The Balaban J connectivity index is 1.77. The van der Waals surface area contributed by atoms with Crippen LogP contribution in [-0.4, -0.2) is 29.3 Å². The SMILES string of the molecule is COc1cccc(CCC(=O)Nc2cccc3c(=O)n(C(C)CO)ccc23)c1. The summed E-state index contributed by atoms with van der Waals surface area (Å²) in [6, 6.07) is 14.4. The topological polar surface area (TPSA) is 80.6 Å². The van der Waals surface area contributed by atoms with Gasteiger partial charge in [-0.15, -0.1) is 0 Å². The molecule has 1 aromatic heterocycles. The zero-order valence-corrected chi connectivity index (χ0v) is 16.0. The van der Waals surface area contributed by atoms with Crippen LogP contribution in [0, 0.1) is 0 Å². The molecule has 0 saturated heterocycles. The summed E-state index contributed by atoms with van der Waals surface area (Å²) >= 11 is 0. The highest BCUT2D eigenvalue weighted by molar-refractivity contribution is 6.01. The molecule has 28 heavy (non-hydrogen) atoms. The molecule has 6 heteroatoms. The molecule has 2 aromatic carbocycles. The number of aliphatic hydroxyl groups excluding tert-OH is 1. The van der Waals surface area contributed by atoms with E-state index in [1.807, 2.05) is 24.3 Å². The number of aromatic nitrogens is 1. The van der Waals surface area contributed by atoms with Crippen LogP contribution in [0.3, 0.4) is 0 Å². The van der Waals surface area contributed by atoms with Crippen molar-refractivity contribution in [1.82, 2.24) is 4.57 Å². The first-order valence-corrected chi connectivity index (χ1v) is 9.21. The number of rotatable bonds is 7. The Morgan fingerprint density at radius 1 is 1.18 bits per heavy atom. The third kappa shape index (κ3) is 4.23. The molecule has 146 valence electrons. The van der Waals surface area contributed by atoms with Crippen molar-refractivity contribution in [3.05, 3.63) is 70.6 Å². The van der Waals surface area contributed by atoms with Crippen LogP contribution in [0.4, 0.5) is 5.69 Å². The second-order valence-electron chi connectivity index (χ2n) is 6.73. The number of hydrogen-bond donors (Lipinski definition) is 2. The van der Waals surface area contributed by atoms with Gasteiger partial charge in [0, 0.05) is 29.1 Å².